The average Bonchev–Trinajstić information content (AvgIpc) is 1.97. The first-order valence-corrected chi connectivity index (χ1v) is 5.43. The van der Waals surface area contributed by atoms with Crippen LogP contribution in [0.1, 0.15) is 20.3 Å². The van der Waals surface area contributed by atoms with Crippen LogP contribution in [0.2, 0.25) is 0 Å². The molecule has 0 heterocycles. The Morgan fingerprint density at radius 2 is 2.27 bits per heavy atom. The lowest BCUT2D eigenvalue weighted by atomic mass is 10.2. The van der Waals surface area contributed by atoms with Crippen LogP contribution >= 0.6 is 11.8 Å². The summed E-state index contributed by atoms with van der Waals surface area (Å²) in [5.74, 6) is 1.24. The topological polar surface area (TPSA) is 12.0 Å². The standard InChI is InChI=1S/C9H19NS/c1-8(2)7-10-9(3)5-6-11-4/h9-10H,1,5-7H2,2-4H3. The summed E-state index contributed by atoms with van der Waals surface area (Å²) in [7, 11) is 0. The van der Waals surface area contributed by atoms with E-state index in [9.17, 15) is 0 Å². The number of hydrogen-bond acceptors (Lipinski definition) is 2. The van der Waals surface area contributed by atoms with E-state index in [0.717, 1.165) is 6.54 Å². The van der Waals surface area contributed by atoms with Crippen molar-refractivity contribution in [2.75, 3.05) is 18.6 Å². The van der Waals surface area contributed by atoms with Gasteiger partial charge in [-0.25, -0.2) is 0 Å². The molecule has 66 valence electrons. The summed E-state index contributed by atoms with van der Waals surface area (Å²) in [4.78, 5) is 0. The Hall–Kier alpha value is 0.0500. The fraction of sp³-hybridized carbons (Fsp3) is 0.778. The maximum Gasteiger partial charge on any atom is 0.0161 e. The van der Waals surface area contributed by atoms with Crippen molar-refractivity contribution in [1.82, 2.24) is 5.32 Å². The van der Waals surface area contributed by atoms with E-state index in [4.69, 9.17) is 0 Å². The van der Waals surface area contributed by atoms with E-state index in [1.165, 1.54) is 17.7 Å². The Labute approximate surface area is 74.6 Å². The first-order valence-electron chi connectivity index (χ1n) is 4.03. The van der Waals surface area contributed by atoms with Gasteiger partial charge < -0.3 is 5.32 Å². The van der Waals surface area contributed by atoms with Crippen LogP contribution in [0.15, 0.2) is 12.2 Å². The number of nitrogens with one attached hydrogen (secondary N) is 1. The first-order chi connectivity index (χ1) is 5.16. The van der Waals surface area contributed by atoms with Crippen molar-refractivity contribution in [2.24, 2.45) is 0 Å². The molecule has 2 heteroatoms. The highest BCUT2D eigenvalue weighted by Crippen LogP contribution is 1.99. The Balaban J connectivity index is 3.22. The van der Waals surface area contributed by atoms with Gasteiger partial charge in [-0.2, -0.15) is 11.8 Å². The minimum Gasteiger partial charge on any atom is -0.311 e. The summed E-state index contributed by atoms with van der Waals surface area (Å²) < 4.78 is 0. The predicted octanol–water partition coefficient (Wildman–Crippen LogP) is 2.29. The molecule has 0 aromatic carbocycles. The van der Waals surface area contributed by atoms with E-state index in [1.54, 1.807) is 0 Å². The van der Waals surface area contributed by atoms with Gasteiger partial charge in [-0.1, -0.05) is 12.2 Å². The van der Waals surface area contributed by atoms with Gasteiger partial charge in [0.1, 0.15) is 0 Å². The third-order valence-corrected chi connectivity index (χ3v) is 2.15. The average molecular weight is 173 g/mol. The maximum absolute atomic E-state index is 3.84. The number of thioether (sulfide) groups is 1. The molecule has 1 unspecified atom stereocenters. The van der Waals surface area contributed by atoms with Crippen LogP contribution in [-0.2, 0) is 0 Å². The van der Waals surface area contributed by atoms with Gasteiger partial charge in [0.15, 0.2) is 0 Å². The molecular weight excluding hydrogens is 154 g/mol. The SMILES string of the molecule is C=C(C)CNC(C)CCSC. The molecule has 0 amide bonds. The van der Waals surface area contributed by atoms with Crippen LogP contribution < -0.4 is 5.32 Å². The van der Waals surface area contributed by atoms with Crippen molar-refractivity contribution < 1.29 is 0 Å². The summed E-state index contributed by atoms with van der Waals surface area (Å²) in [6, 6.07) is 0.624. The lowest BCUT2D eigenvalue weighted by molar-refractivity contribution is 0.564. The second kappa shape index (κ2) is 6.74. The molecule has 0 aliphatic heterocycles. The minimum absolute atomic E-state index is 0.624. The van der Waals surface area contributed by atoms with Crippen LogP contribution in [0, 0.1) is 0 Å². The number of rotatable bonds is 6. The monoisotopic (exact) mass is 173 g/mol. The highest BCUT2D eigenvalue weighted by atomic mass is 32.2. The van der Waals surface area contributed by atoms with Gasteiger partial charge in [0.25, 0.3) is 0 Å². The summed E-state index contributed by atoms with van der Waals surface area (Å²) in [6.45, 7) is 9.06. The molecule has 1 atom stereocenters. The van der Waals surface area contributed by atoms with E-state index in [2.05, 4.69) is 25.1 Å². The van der Waals surface area contributed by atoms with E-state index >= 15 is 0 Å². The van der Waals surface area contributed by atoms with Gasteiger partial charge in [0.05, 0.1) is 0 Å². The smallest absolute Gasteiger partial charge is 0.0161 e. The van der Waals surface area contributed by atoms with Crippen molar-refractivity contribution in [3.63, 3.8) is 0 Å². The molecule has 11 heavy (non-hydrogen) atoms. The summed E-state index contributed by atoms with van der Waals surface area (Å²) in [5.41, 5.74) is 1.21. The molecular formula is C9H19NS. The van der Waals surface area contributed by atoms with Crippen molar-refractivity contribution in [1.29, 1.82) is 0 Å². The van der Waals surface area contributed by atoms with Gasteiger partial charge >= 0.3 is 0 Å². The molecule has 0 saturated carbocycles. The summed E-state index contributed by atoms with van der Waals surface area (Å²) >= 11 is 1.90. The Kier molecular flexibility index (Phi) is 6.77. The van der Waals surface area contributed by atoms with Crippen molar-refractivity contribution in [3.05, 3.63) is 12.2 Å². The van der Waals surface area contributed by atoms with E-state index in [-0.39, 0.29) is 0 Å². The molecule has 0 aliphatic rings. The zero-order chi connectivity index (χ0) is 8.69. The molecule has 0 bridgehead atoms. The molecule has 0 aromatic rings. The minimum atomic E-state index is 0.624. The summed E-state index contributed by atoms with van der Waals surface area (Å²) in [6.07, 6.45) is 3.39. The largest absolute Gasteiger partial charge is 0.311 e. The molecule has 0 saturated heterocycles. The maximum atomic E-state index is 3.84. The van der Waals surface area contributed by atoms with Gasteiger partial charge in [0, 0.05) is 12.6 Å². The van der Waals surface area contributed by atoms with Crippen LogP contribution in [-0.4, -0.2) is 24.6 Å². The molecule has 0 aromatic heterocycles. The summed E-state index contributed by atoms with van der Waals surface area (Å²) in [5, 5.41) is 3.40. The second-order valence-corrected chi connectivity index (χ2v) is 4.01. The van der Waals surface area contributed by atoms with Gasteiger partial charge in [-0.05, 0) is 32.3 Å². The van der Waals surface area contributed by atoms with Crippen LogP contribution in [0.5, 0.6) is 0 Å². The molecule has 1 N–H and O–H groups in total. The fourth-order valence-electron chi connectivity index (χ4n) is 0.745. The highest BCUT2D eigenvalue weighted by Gasteiger charge is 1.98. The Morgan fingerprint density at radius 3 is 2.73 bits per heavy atom. The van der Waals surface area contributed by atoms with Gasteiger partial charge in [-0.15, -0.1) is 0 Å². The molecule has 0 radical (unpaired) electrons. The third-order valence-electron chi connectivity index (χ3n) is 1.51. The van der Waals surface area contributed by atoms with E-state index < -0.39 is 0 Å². The van der Waals surface area contributed by atoms with Gasteiger partial charge in [0.2, 0.25) is 0 Å². The van der Waals surface area contributed by atoms with Crippen molar-refractivity contribution in [2.45, 2.75) is 26.3 Å². The van der Waals surface area contributed by atoms with E-state index in [1.807, 2.05) is 18.7 Å². The molecule has 0 spiro atoms. The van der Waals surface area contributed by atoms with Crippen LogP contribution in [0.25, 0.3) is 0 Å². The zero-order valence-corrected chi connectivity index (χ0v) is 8.63. The lowest BCUT2D eigenvalue weighted by Crippen LogP contribution is -2.27. The van der Waals surface area contributed by atoms with Crippen LogP contribution in [0.3, 0.4) is 0 Å². The quantitative estimate of drug-likeness (QED) is 0.619. The Morgan fingerprint density at radius 1 is 1.64 bits per heavy atom. The van der Waals surface area contributed by atoms with Crippen molar-refractivity contribution in [3.8, 4) is 0 Å². The van der Waals surface area contributed by atoms with Crippen LogP contribution in [0.4, 0.5) is 0 Å². The molecule has 0 aliphatic carbocycles. The molecule has 0 rings (SSSR count). The van der Waals surface area contributed by atoms with Crippen molar-refractivity contribution >= 4 is 11.8 Å². The zero-order valence-electron chi connectivity index (χ0n) is 7.81. The first kappa shape index (κ1) is 11.1. The third kappa shape index (κ3) is 7.95. The molecule has 0 fully saturated rings. The normalized spacial score (nSPS) is 13.0. The highest BCUT2D eigenvalue weighted by molar-refractivity contribution is 7.98. The lowest BCUT2D eigenvalue weighted by Gasteiger charge is -2.12. The number of hydrogen-bond donors (Lipinski definition) is 1. The molecule has 1 nitrogen and oxygen atoms in total. The van der Waals surface area contributed by atoms with E-state index in [0.29, 0.717) is 6.04 Å². The second-order valence-electron chi connectivity index (χ2n) is 3.02. The predicted molar refractivity (Wildman–Crippen MR) is 55.3 cm³/mol. The Bertz CT molecular complexity index is 112. The van der Waals surface area contributed by atoms with Gasteiger partial charge in [-0.3, -0.25) is 0 Å². The fourth-order valence-corrected chi connectivity index (χ4v) is 1.33.